The van der Waals surface area contributed by atoms with E-state index < -0.39 is 0 Å². The highest BCUT2D eigenvalue weighted by molar-refractivity contribution is 5.79. The quantitative estimate of drug-likeness (QED) is 0.542. The molecule has 2 heterocycles. The summed E-state index contributed by atoms with van der Waals surface area (Å²) in [7, 11) is 1.99. The van der Waals surface area contributed by atoms with E-state index in [2.05, 4.69) is 72.6 Å². The molecule has 164 valence electrons. The van der Waals surface area contributed by atoms with Gasteiger partial charge in [0.1, 0.15) is 0 Å². The Balaban J connectivity index is 1.55. The molecule has 1 fully saturated rings. The summed E-state index contributed by atoms with van der Waals surface area (Å²) in [6, 6.07) is 8.94. The number of hydrogen-bond donors (Lipinski definition) is 2. The van der Waals surface area contributed by atoms with Crippen LogP contribution in [0.3, 0.4) is 0 Å². The van der Waals surface area contributed by atoms with Gasteiger partial charge in [-0.3, -0.25) is 9.58 Å². The van der Waals surface area contributed by atoms with E-state index in [1.165, 1.54) is 48.3 Å². The molecule has 6 nitrogen and oxygen atoms in total. The lowest BCUT2D eigenvalue weighted by atomic mass is 9.99. The van der Waals surface area contributed by atoms with Crippen LogP contribution in [-0.2, 0) is 26.7 Å². The van der Waals surface area contributed by atoms with Gasteiger partial charge in [-0.25, -0.2) is 4.99 Å². The molecule has 1 aromatic carbocycles. The van der Waals surface area contributed by atoms with Crippen LogP contribution in [0.25, 0.3) is 0 Å². The first-order valence-electron chi connectivity index (χ1n) is 11.3. The fourth-order valence-electron chi connectivity index (χ4n) is 3.99. The number of likely N-dealkylation sites (tertiary alicyclic amines) is 1. The van der Waals surface area contributed by atoms with Gasteiger partial charge in [0.05, 0.1) is 12.2 Å². The Labute approximate surface area is 181 Å². The van der Waals surface area contributed by atoms with Gasteiger partial charge in [0.2, 0.25) is 0 Å². The highest BCUT2D eigenvalue weighted by Crippen LogP contribution is 2.18. The summed E-state index contributed by atoms with van der Waals surface area (Å²) in [4.78, 5) is 7.35. The van der Waals surface area contributed by atoms with Crippen LogP contribution in [0.5, 0.6) is 0 Å². The third kappa shape index (κ3) is 6.08. The molecule has 0 spiro atoms. The van der Waals surface area contributed by atoms with Crippen LogP contribution in [0.4, 0.5) is 0 Å². The molecule has 0 amide bonds. The summed E-state index contributed by atoms with van der Waals surface area (Å²) < 4.78 is 1.93. The number of piperidine rings is 1. The van der Waals surface area contributed by atoms with E-state index in [1.54, 1.807) is 0 Å². The van der Waals surface area contributed by atoms with Gasteiger partial charge >= 0.3 is 0 Å². The van der Waals surface area contributed by atoms with Crippen LogP contribution >= 0.6 is 0 Å². The summed E-state index contributed by atoms with van der Waals surface area (Å²) in [5.41, 5.74) is 6.12. The number of guanidine groups is 1. The molecule has 0 unspecified atom stereocenters. The van der Waals surface area contributed by atoms with Crippen molar-refractivity contribution < 1.29 is 0 Å². The lowest BCUT2D eigenvalue weighted by Crippen LogP contribution is -2.37. The zero-order valence-electron chi connectivity index (χ0n) is 19.3. The molecule has 0 aliphatic carbocycles. The first-order chi connectivity index (χ1) is 14.5. The number of aliphatic imine (C=N–C) groups is 1. The topological polar surface area (TPSA) is 57.5 Å². The van der Waals surface area contributed by atoms with E-state index >= 15 is 0 Å². The van der Waals surface area contributed by atoms with Crippen molar-refractivity contribution in [2.24, 2.45) is 18.0 Å². The molecule has 1 saturated heterocycles. The van der Waals surface area contributed by atoms with Gasteiger partial charge in [0.15, 0.2) is 5.96 Å². The molecule has 0 atom stereocenters. The van der Waals surface area contributed by atoms with Crippen molar-refractivity contribution in [2.75, 3.05) is 19.6 Å². The van der Waals surface area contributed by atoms with Gasteiger partial charge in [-0.2, -0.15) is 5.10 Å². The standard InChI is InChI=1S/C24H38N6/c1-6-25-24(27-16-23-19(3)28-29(5)20(23)4)26-15-21-7-9-22(10-8-21)17-30-13-11-18(2)12-14-30/h7-10,18H,6,11-17H2,1-5H3,(H2,25,26,27). The van der Waals surface area contributed by atoms with E-state index in [1.807, 2.05) is 11.7 Å². The Bertz CT molecular complexity index is 828. The number of nitrogens with zero attached hydrogens (tertiary/aromatic N) is 4. The first kappa shape index (κ1) is 22.3. The van der Waals surface area contributed by atoms with E-state index in [0.29, 0.717) is 6.54 Å². The molecule has 0 saturated carbocycles. The molecule has 30 heavy (non-hydrogen) atoms. The molecule has 6 heteroatoms. The van der Waals surface area contributed by atoms with Gasteiger partial charge < -0.3 is 10.6 Å². The smallest absolute Gasteiger partial charge is 0.191 e. The summed E-state index contributed by atoms with van der Waals surface area (Å²) in [5.74, 6) is 1.72. The Hall–Kier alpha value is -2.34. The number of nitrogens with one attached hydrogen (secondary N) is 2. The average molecular weight is 411 g/mol. The monoisotopic (exact) mass is 410 g/mol. The molecule has 1 aliphatic rings. The van der Waals surface area contributed by atoms with Crippen LogP contribution in [0.15, 0.2) is 29.3 Å². The minimum Gasteiger partial charge on any atom is -0.357 e. The van der Waals surface area contributed by atoms with E-state index in [-0.39, 0.29) is 0 Å². The number of benzene rings is 1. The Morgan fingerprint density at radius 3 is 2.37 bits per heavy atom. The second-order valence-electron chi connectivity index (χ2n) is 8.60. The van der Waals surface area contributed by atoms with Crippen molar-refractivity contribution >= 4 is 5.96 Å². The van der Waals surface area contributed by atoms with Crippen molar-refractivity contribution in [3.63, 3.8) is 0 Å². The van der Waals surface area contributed by atoms with E-state index in [4.69, 9.17) is 4.99 Å². The predicted octanol–water partition coefficient (Wildman–Crippen LogP) is 3.52. The molecule has 1 aliphatic heterocycles. The number of hydrogen-bond acceptors (Lipinski definition) is 3. The maximum absolute atomic E-state index is 4.78. The van der Waals surface area contributed by atoms with Crippen LogP contribution in [0, 0.1) is 19.8 Å². The van der Waals surface area contributed by atoms with Crippen molar-refractivity contribution in [3.8, 4) is 0 Å². The SMILES string of the molecule is CCNC(=NCc1ccc(CN2CCC(C)CC2)cc1)NCc1c(C)nn(C)c1C. The lowest BCUT2D eigenvalue weighted by Gasteiger charge is -2.30. The lowest BCUT2D eigenvalue weighted by molar-refractivity contribution is 0.185. The minimum atomic E-state index is 0.668. The molecule has 2 aromatic rings. The second kappa shape index (κ2) is 10.6. The van der Waals surface area contributed by atoms with Crippen molar-refractivity contribution in [1.29, 1.82) is 0 Å². The Morgan fingerprint density at radius 1 is 1.10 bits per heavy atom. The summed E-state index contributed by atoms with van der Waals surface area (Å²) in [5, 5.41) is 11.3. The Morgan fingerprint density at radius 2 is 1.77 bits per heavy atom. The van der Waals surface area contributed by atoms with Gasteiger partial charge in [0.25, 0.3) is 0 Å². The third-order valence-electron chi connectivity index (χ3n) is 6.16. The van der Waals surface area contributed by atoms with Crippen molar-refractivity contribution in [2.45, 2.75) is 60.2 Å². The predicted molar refractivity (Wildman–Crippen MR) is 124 cm³/mol. The van der Waals surface area contributed by atoms with Crippen molar-refractivity contribution in [1.82, 2.24) is 25.3 Å². The van der Waals surface area contributed by atoms with E-state index in [9.17, 15) is 0 Å². The first-order valence-corrected chi connectivity index (χ1v) is 11.3. The fourth-order valence-corrected chi connectivity index (χ4v) is 3.99. The highest BCUT2D eigenvalue weighted by Gasteiger charge is 2.15. The van der Waals surface area contributed by atoms with Gasteiger partial charge in [-0.05, 0) is 63.7 Å². The average Bonchev–Trinajstić information content (AvgIpc) is 2.98. The minimum absolute atomic E-state index is 0.668. The molecule has 0 radical (unpaired) electrons. The summed E-state index contributed by atoms with van der Waals surface area (Å²) in [6.45, 7) is 14.4. The summed E-state index contributed by atoms with van der Waals surface area (Å²) >= 11 is 0. The van der Waals surface area contributed by atoms with Crippen LogP contribution in [-0.4, -0.2) is 40.3 Å². The number of rotatable bonds is 7. The van der Waals surface area contributed by atoms with Gasteiger partial charge in [-0.15, -0.1) is 0 Å². The number of aryl methyl sites for hydroxylation is 2. The zero-order valence-corrected chi connectivity index (χ0v) is 19.3. The summed E-state index contributed by atoms with van der Waals surface area (Å²) in [6.07, 6.45) is 2.65. The largest absolute Gasteiger partial charge is 0.357 e. The maximum Gasteiger partial charge on any atom is 0.191 e. The van der Waals surface area contributed by atoms with Gasteiger partial charge in [0, 0.05) is 37.9 Å². The van der Waals surface area contributed by atoms with E-state index in [0.717, 1.165) is 37.2 Å². The maximum atomic E-state index is 4.78. The third-order valence-corrected chi connectivity index (χ3v) is 6.16. The molecule has 3 rings (SSSR count). The van der Waals surface area contributed by atoms with Gasteiger partial charge in [-0.1, -0.05) is 31.2 Å². The number of aromatic nitrogens is 2. The van der Waals surface area contributed by atoms with Crippen LogP contribution in [0.2, 0.25) is 0 Å². The Kier molecular flexibility index (Phi) is 7.91. The molecular formula is C24H38N6. The van der Waals surface area contributed by atoms with Crippen LogP contribution in [0.1, 0.15) is 54.8 Å². The highest BCUT2D eigenvalue weighted by atomic mass is 15.3. The molecule has 2 N–H and O–H groups in total. The second-order valence-corrected chi connectivity index (χ2v) is 8.60. The molecule has 1 aromatic heterocycles. The fraction of sp³-hybridized carbons (Fsp3) is 0.583. The molecule has 0 bridgehead atoms. The zero-order chi connectivity index (χ0) is 21.5. The normalized spacial score (nSPS) is 16.1. The van der Waals surface area contributed by atoms with Crippen molar-refractivity contribution in [3.05, 3.63) is 52.3 Å². The molecular weight excluding hydrogens is 372 g/mol. The van der Waals surface area contributed by atoms with Crippen LogP contribution < -0.4 is 10.6 Å².